The first-order chi connectivity index (χ1) is 6.83. The van der Waals surface area contributed by atoms with E-state index < -0.39 is 0 Å². The van der Waals surface area contributed by atoms with Crippen molar-refractivity contribution in [2.75, 3.05) is 0 Å². The maximum atomic E-state index is 8.60. The monoisotopic (exact) mass is 194 g/mol. The van der Waals surface area contributed by atoms with Crippen molar-refractivity contribution in [3.8, 4) is 0 Å². The maximum Gasteiger partial charge on any atom is 0.188 e. The van der Waals surface area contributed by atoms with Gasteiger partial charge in [-0.25, -0.2) is 4.98 Å². The van der Waals surface area contributed by atoms with Gasteiger partial charge in [0, 0.05) is 6.04 Å². The Morgan fingerprint density at radius 2 is 2.29 bits per heavy atom. The van der Waals surface area contributed by atoms with Gasteiger partial charge in [-0.2, -0.15) is 0 Å². The zero-order valence-electron chi connectivity index (χ0n) is 7.93. The van der Waals surface area contributed by atoms with Crippen molar-refractivity contribution in [1.29, 1.82) is 0 Å². The highest BCUT2D eigenvalue weighted by atomic mass is 16.4. The van der Waals surface area contributed by atoms with Gasteiger partial charge in [0.2, 0.25) is 0 Å². The molecule has 1 aliphatic carbocycles. The molecule has 5 nitrogen and oxygen atoms in total. The number of hydrogen-bond acceptors (Lipinski definition) is 3. The van der Waals surface area contributed by atoms with Gasteiger partial charge in [-0.15, -0.1) is 0 Å². The number of nitrogens with two attached hydrogens (primary N) is 1. The van der Waals surface area contributed by atoms with E-state index in [0.29, 0.717) is 11.7 Å². The van der Waals surface area contributed by atoms with Crippen molar-refractivity contribution >= 4 is 5.84 Å². The van der Waals surface area contributed by atoms with Gasteiger partial charge in [0.15, 0.2) is 5.84 Å². The summed E-state index contributed by atoms with van der Waals surface area (Å²) in [4.78, 5) is 4.03. The summed E-state index contributed by atoms with van der Waals surface area (Å²) < 4.78 is 2.00. The zero-order valence-corrected chi connectivity index (χ0v) is 7.93. The first-order valence-electron chi connectivity index (χ1n) is 4.82. The number of amidine groups is 1. The largest absolute Gasteiger partial charge is 0.409 e. The van der Waals surface area contributed by atoms with Crippen LogP contribution in [0.25, 0.3) is 0 Å². The summed E-state index contributed by atoms with van der Waals surface area (Å²) in [6.45, 7) is 0. The topological polar surface area (TPSA) is 76.4 Å². The molecule has 1 saturated carbocycles. The molecule has 5 heteroatoms. The van der Waals surface area contributed by atoms with E-state index in [4.69, 9.17) is 10.9 Å². The molecular weight excluding hydrogens is 180 g/mol. The van der Waals surface area contributed by atoms with Gasteiger partial charge in [-0.3, -0.25) is 0 Å². The Bertz CT molecular complexity index is 338. The second-order valence-corrected chi connectivity index (χ2v) is 3.61. The van der Waals surface area contributed by atoms with Crippen molar-refractivity contribution in [2.24, 2.45) is 10.9 Å². The van der Waals surface area contributed by atoms with Gasteiger partial charge in [0.25, 0.3) is 0 Å². The molecule has 0 aliphatic heterocycles. The summed E-state index contributed by atoms with van der Waals surface area (Å²) in [6.07, 6.45) is 8.19. The lowest BCUT2D eigenvalue weighted by Gasteiger charge is -2.13. The Kier molecular flexibility index (Phi) is 2.39. The Labute approximate surface area is 82.2 Å². The van der Waals surface area contributed by atoms with E-state index in [1.54, 1.807) is 12.5 Å². The summed E-state index contributed by atoms with van der Waals surface area (Å²) in [6, 6.07) is 0.466. The highest BCUT2D eigenvalue weighted by Gasteiger charge is 2.20. The SMILES string of the molecule is N/C(=N/O)c1cncn1C1CCCC1. The number of rotatable bonds is 2. The third kappa shape index (κ3) is 1.45. The predicted octanol–water partition coefficient (Wildman–Crippen LogP) is 1.09. The van der Waals surface area contributed by atoms with Crippen LogP contribution in [0.4, 0.5) is 0 Å². The van der Waals surface area contributed by atoms with Gasteiger partial charge < -0.3 is 15.5 Å². The molecule has 1 aromatic heterocycles. The number of hydrogen-bond donors (Lipinski definition) is 2. The minimum atomic E-state index is 0.134. The van der Waals surface area contributed by atoms with E-state index in [9.17, 15) is 0 Å². The van der Waals surface area contributed by atoms with E-state index in [1.807, 2.05) is 4.57 Å². The Morgan fingerprint density at radius 3 is 2.93 bits per heavy atom. The van der Waals surface area contributed by atoms with E-state index in [-0.39, 0.29) is 5.84 Å². The van der Waals surface area contributed by atoms with Crippen LogP contribution in [0.15, 0.2) is 17.7 Å². The highest BCUT2D eigenvalue weighted by Crippen LogP contribution is 2.30. The number of oxime groups is 1. The quantitative estimate of drug-likeness (QED) is 0.320. The first-order valence-corrected chi connectivity index (χ1v) is 4.82. The van der Waals surface area contributed by atoms with Crippen LogP contribution >= 0.6 is 0 Å². The van der Waals surface area contributed by atoms with E-state index in [1.165, 1.54) is 12.8 Å². The zero-order chi connectivity index (χ0) is 9.97. The summed E-state index contributed by atoms with van der Waals surface area (Å²) >= 11 is 0. The molecular formula is C9H14N4O. The Morgan fingerprint density at radius 1 is 1.57 bits per heavy atom. The summed E-state index contributed by atoms with van der Waals surface area (Å²) in [5.41, 5.74) is 6.25. The number of nitrogens with zero attached hydrogens (tertiary/aromatic N) is 3. The average Bonchev–Trinajstić information content (AvgIpc) is 2.85. The highest BCUT2D eigenvalue weighted by molar-refractivity contribution is 5.95. The number of imidazole rings is 1. The van der Waals surface area contributed by atoms with Crippen molar-refractivity contribution < 1.29 is 5.21 Å². The van der Waals surface area contributed by atoms with Crippen LogP contribution in [0.1, 0.15) is 37.4 Å². The van der Waals surface area contributed by atoms with Gasteiger partial charge in [0.05, 0.1) is 12.5 Å². The van der Waals surface area contributed by atoms with Gasteiger partial charge in [-0.05, 0) is 12.8 Å². The molecule has 76 valence electrons. The van der Waals surface area contributed by atoms with Crippen LogP contribution in [-0.2, 0) is 0 Å². The van der Waals surface area contributed by atoms with Crippen LogP contribution in [0, 0.1) is 0 Å². The molecule has 1 heterocycles. The smallest absolute Gasteiger partial charge is 0.188 e. The van der Waals surface area contributed by atoms with Crippen LogP contribution in [0.5, 0.6) is 0 Å². The third-order valence-corrected chi connectivity index (χ3v) is 2.75. The van der Waals surface area contributed by atoms with Crippen LogP contribution in [-0.4, -0.2) is 20.6 Å². The molecule has 3 N–H and O–H groups in total. The van der Waals surface area contributed by atoms with E-state index in [0.717, 1.165) is 12.8 Å². The van der Waals surface area contributed by atoms with Crippen LogP contribution in [0.3, 0.4) is 0 Å². The number of aromatic nitrogens is 2. The van der Waals surface area contributed by atoms with Gasteiger partial charge in [-0.1, -0.05) is 18.0 Å². The Balaban J connectivity index is 2.29. The van der Waals surface area contributed by atoms with Crippen LogP contribution < -0.4 is 5.73 Å². The fraction of sp³-hybridized carbons (Fsp3) is 0.556. The van der Waals surface area contributed by atoms with Gasteiger partial charge >= 0.3 is 0 Å². The molecule has 1 aromatic rings. The molecule has 14 heavy (non-hydrogen) atoms. The van der Waals surface area contributed by atoms with Crippen molar-refractivity contribution in [1.82, 2.24) is 9.55 Å². The van der Waals surface area contributed by atoms with Gasteiger partial charge in [0.1, 0.15) is 5.69 Å². The average molecular weight is 194 g/mol. The summed E-state index contributed by atoms with van der Waals surface area (Å²) in [7, 11) is 0. The summed E-state index contributed by atoms with van der Waals surface area (Å²) in [5.74, 6) is 0.134. The molecule has 0 spiro atoms. The van der Waals surface area contributed by atoms with Crippen molar-refractivity contribution in [3.63, 3.8) is 0 Å². The molecule has 0 unspecified atom stereocenters. The third-order valence-electron chi connectivity index (χ3n) is 2.75. The predicted molar refractivity (Wildman–Crippen MR) is 52.2 cm³/mol. The second kappa shape index (κ2) is 3.69. The fourth-order valence-corrected chi connectivity index (χ4v) is 2.03. The van der Waals surface area contributed by atoms with Crippen molar-refractivity contribution in [2.45, 2.75) is 31.7 Å². The lowest BCUT2D eigenvalue weighted by Crippen LogP contribution is -2.19. The molecule has 1 fully saturated rings. The maximum absolute atomic E-state index is 8.60. The standard InChI is InChI=1S/C9H14N4O/c10-9(12-14)8-5-11-6-13(8)7-3-1-2-4-7/h5-7,14H,1-4H2,(H2,10,12). The molecule has 2 rings (SSSR count). The Hall–Kier alpha value is -1.52. The second-order valence-electron chi connectivity index (χ2n) is 3.61. The minimum absolute atomic E-state index is 0.134. The molecule has 0 radical (unpaired) electrons. The molecule has 0 atom stereocenters. The van der Waals surface area contributed by atoms with Crippen molar-refractivity contribution in [3.05, 3.63) is 18.2 Å². The van der Waals surface area contributed by atoms with E-state index in [2.05, 4.69) is 10.1 Å². The normalized spacial score (nSPS) is 19.0. The molecule has 0 amide bonds. The molecule has 0 aromatic carbocycles. The van der Waals surface area contributed by atoms with E-state index >= 15 is 0 Å². The fourth-order valence-electron chi connectivity index (χ4n) is 2.03. The lowest BCUT2D eigenvalue weighted by molar-refractivity contribution is 0.318. The summed E-state index contributed by atoms with van der Waals surface area (Å²) in [5, 5.41) is 11.6. The minimum Gasteiger partial charge on any atom is -0.409 e. The lowest BCUT2D eigenvalue weighted by atomic mass is 10.2. The molecule has 1 aliphatic rings. The molecule has 0 bridgehead atoms. The van der Waals surface area contributed by atoms with Crippen LogP contribution in [0.2, 0.25) is 0 Å². The first kappa shape index (κ1) is 9.05. The molecule has 0 saturated heterocycles.